The molecule has 1 rings (SSSR count). The van der Waals surface area contributed by atoms with Crippen LogP contribution in [-0.4, -0.2) is 16.1 Å². The first-order valence-electron chi connectivity index (χ1n) is 6.96. The molecule has 1 fully saturated rings. The van der Waals surface area contributed by atoms with E-state index < -0.39 is 0 Å². The minimum absolute atomic E-state index is 0.0848. The zero-order valence-corrected chi connectivity index (χ0v) is 11.7. The average molecular weight is 226 g/mol. The first kappa shape index (κ1) is 14.0. The second-order valence-electron chi connectivity index (χ2n) is 5.69. The summed E-state index contributed by atoms with van der Waals surface area (Å²) < 4.78 is 0. The van der Waals surface area contributed by atoms with Crippen molar-refractivity contribution in [2.24, 2.45) is 5.92 Å². The Balaban J connectivity index is 3.05. The minimum atomic E-state index is -0.107. The van der Waals surface area contributed by atoms with Crippen molar-refractivity contribution in [2.75, 3.05) is 0 Å². The fraction of sp³-hybridized carbons (Fsp3) is 1.00. The molecule has 0 N–H and O–H groups in total. The monoisotopic (exact) mass is 226 g/mol. The van der Waals surface area contributed by atoms with Gasteiger partial charge in [0, 0.05) is 5.54 Å². The third-order valence-corrected chi connectivity index (χ3v) is 5.09. The second kappa shape index (κ2) is 5.05. The minimum Gasteiger partial charge on any atom is -0.143 e. The number of hydroxylamine groups is 2. The summed E-state index contributed by atoms with van der Waals surface area (Å²) in [5.74, 6) is 0.452. The molecule has 1 aliphatic rings. The van der Waals surface area contributed by atoms with Crippen molar-refractivity contribution in [3.63, 3.8) is 0 Å². The largest absolute Gasteiger partial charge is 0.143 e. The highest BCUT2D eigenvalue weighted by atomic mass is 16.5. The molecule has 0 aliphatic carbocycles. The molecule has 0 bridgehead atoms. The van der Waals surface area contributed by atoms with Crippen LogP contribution in [0.25, 0.3) is 0 Å². The van der Waals surface area contributed by atoms with E-state index in [1.54, 1.807) is 0 Å². The van der Waals surface area contributed by atoms with Crippen LogP contribution < -0.4 is 0 Å². The van der Waals surface area contributed by atoms with Crippen LogP contribution in [0.15, 0.2) is 0 Å². The number of piperidine rings is 1. The molecule has 2 heteroatoms. The van der Waals surface area contributed by atoms with Crippen LogP contribution in [0.2, 0.25) is 0 Å². The molecular weight excluding hydrogens is 198 g/mol. The van der Waals surface area contributed by atoms with Crippen LogP contribution in [-0.2, 0) is 5.21 Å². The Morgan fingerprint density at radius 1 is 1.06 bits per heavy atom. The number of rotatable bonds is 4. The number of nitrogens with zero attached hydrogens (tertiary/aromatic N) is 1. The van der Waals surface area contributed by atoms with E-state index >= 15 is 0 Å². The zero-order valence-electron chi connectivity index (χ0n) is 11.7. The van der Waals surface area contributed by atoms with E-state index in [4.69, 9.17) is 0 Å². The topological polar surface area (TPSA) is 23.1 Å². The summed E-state index contributed by atoms with van der Waals surface area (Å²) in [5.41, 5.74) is -0.192. The number of hydrogen-bond acceptors (Lipinski definition) is 1. The lowest BCUT2D eigenvalue weighted by Crippen LogP contribution is -2.63. The third-order valence-electron chi connectivity index (χ3n) is 5.09. The standard InChI is InChI=1S/C14H28NO/c1-6-13(7-2)10-9-11-14(8-3,12(4)5)15(13)16/h12H,6-11H2,1-5H3. The summed E-state index contributed by atoms with van der Waals surface area (Å²) in [6.07, 6.45) is 6.33. The van der Waals surface area contributed by atoms with Crippen LogP contribution in [0.1, 0.15) is 73.1 Å². The molecule has 2 nitrogen and oxygen atoms in total. The van der Waals surface area contributed by atoms with Gasteiger partial charge in [0.05, 0.1) is 5.54 Å². The maximum absolute atomic E-state index is 12.8. The van der Waals surface area contributed by atoms with E-state index in [2.05, 4.69) is 34.6 Å². The van der Waals surface area contributed by atoms with Crippen LogP contribution in [0, 0.1) is 5.92 Å². The molecule has 16 heavy (non-hydrogen) atoms. The molecule has 0 amide bonds. The Morgan fingerprint density at radius 2 is 1.62 bits per heavy atom. The summed E-state index contributed by atoms with van der Waals surface area (Å²) >= 11 is 0. The van der Waals surface area contributed by atoms with Gasteiger partial charge >= 0.3 is 0 Å². The first-order chi connectivity index (χ1) is 7.49. The highest BCUT2D eigenvalue weighted by Gasteiger charge is 2.51. The van der Waals surface area contributed by atoms with Gasteiger partial charge in [-0.2, -0.15) is 0 Å². The lowest BCUT2D eigenvalue weighted by molar-refractivity contribution is -0.317. The second-order valence-corrected chi connectivity index (χ2v) is 5.69. The van der Waals surface area contributed by atoms with E-state index in [-0.39, 0.29) is 11.1 Å². The Hall–Kier alpha value is -0.0800. The van der Waals surface area contributed by atoms with Gasteiger partial charge in [0.2, 0.25) is 0 Å². The van der Waals surface area contributed by atoms with Crippen molar-refractivity contribution in [1.82, 2.24) is 5.06 Å². The summed E-state index contributed by atoms with van der Waals surface area (Å²) in [5, 5.41) is 14.3. The zero-order chi connectivity index (χ0) is 12.4. The first-order valence-corrected chi connectivity index (χ1v) is 6.96. The van der Waals surface area contributed by atoms with Crippen molar-refractivity contribution < 1.29 is 5.21 Å². The van der Waals surface area contributed by atoms with Crippen molar-refractivity contribution >= 4 is 0 Å². The van der Waals surface area contributed by atoms with Gasteiger partial charge in [0.25, 0.3) is 0 Å². The third kappa shape index (κ3) is 1.91. The Bertz CT molecular complexity index is 223. The van der Waals surface area contributed by atoms with Crippen LogP contribution in [0.5, 0.6) is 0 Å². The Morgan fingerprint density at radius 3 is 2.00 bits per heavy atom. The van der Waals surface area contributed by atoms with E-state index in [0.717, 1.165) is 32.1 Å². The summed E-state index contributed by atoms with van der Waals surface area (Å²) in [7, 11) is 0. The predicted octanol–water partition coefficient (Wildman–Crippen LogP) is 4.18. The summed E-state index contributed by atoms with van der Waals surface area (Å²) in [4.78, 5) is 0. The van der Waals surface area contributed by atoms with E-state index in [1.165, 1.54) is 11.5 Å². The molecule has 1 aliphatic heterocycles. The van der Waals surface area contributed by atoms with Crippen LogP contribution >= 0.6 is 0 Å². The Labute approximate surface area is 101 Å². The summed E-state index contributed by atoms with van der Waals surface area (Å²) in [6.45, 7) is 10.9. The van der Waals surface area contributed by atoms with Crippen LogP contribution in [0.3, 0.4) is 0 Å². The van der Waals surface area contributed by atoms with Crippen LogP contribution in [0.4, 0.5) is 0 Å². The Kier molecular flexibility index (Phi) is 4.42. The molecule has 1 heterocycles. The fourth-order valence-corrected chi connectivity index (χ4v) is 3.54. The van der Waals surface area contributed by atoms with Crippen molar-refractivity contribution in [3.8, 4) is 0 Å². The highest BCUT2D eigenvalue weighted by Crippen LogP contribution is 2.46. The molecule has 0 spiro atoms. The molecule has 0 aromatic rings. The summed E-state index contributed by atoms with van der Waals surface area (Å²) in [6, 6.07) is 0. The number of hydrogen-bond donors (Lipinski definition) is 0. The molecule has 1 atom stereocenters. The van der Waals surface area contributed by atoms with Crippen molar-refractivity contribution in [1.29, 1.82) is 0 Å². The molecule has 1 radical (unpaired) electrons. The molecule has 0 saturated carbocycles. The fourth-order valence-electron chi connectivity index (χ4n) is 3.54. The van der Waals surface area contributed by atoms with Gasteiger partial charge in [-0.3, -0.25) is 0 Å². The van der Waals surface area contributed by atoms with E-state index in [9.17, 15) is 5.21 Å². The van der Waals surface area contributed by atoms with Gasteiger partial charge in [-0.05, 0) is 44.4 Å². The molecule has 0 aromatic heterocycles. The predicted molar refractivity (Wildman–Crippen MR) is 67.5 cm³/mol. The normalized spacial score (nSPS) is 30.9. The molecule has 0 aromatic carbocycles. The SMILES string of the molecule is CCC1(CC)CCCC(CC)(C(C)C)N1[O]. The smallest absolute Gasteiger partial charge is 0.0520 e. The maximum atomic E-state index is 12.8. The lowest BCUT2D eigenvalue weighted by atomic mass is 9.70. The quantitative estimate of drug-likeness (QED) is 0.705. The van der Waals surface area contributed by atoms with Crippen molar-refractivity contribution in [2.45, 2.75) is 84.2 Å². The van der Waals surface area contributed by atoms with Gasteiger partial charge in [-0.1, -0.05) is 34.6 Å². The van der Waals surface area contributed by atoms with Gasteiger partial charge in [-0.25, -0.2) is 0 Å². The van der Waals surface area contributed by atoms with Gasteiger partial charge in [-0.15, -0.1) is 10.3 Å². The molecular formula is C14H28NO. The van der Waals surface area contributed by atoms with E-state index in [0.29, 0.717) is 5.92 Å². The van der Waals surface area contributed by atoms with Gasteiger partial charge in [0.15, 0.2) is 0 Å². The van der Waals surface area contributed by atoms with E-state index in [1.807, 2.05) is 0 Å². The maximum Gasteiger partial charge on any atom is 0.0520 e. The highest BCUT2D eigenvalue weighted by molar-refractivity contribution is 5.01. The lowest BCUT2D eigenvalue weighted by Gasteiger charge is -2.54. The molecule has 95 valence electrons. The average Bonchev–Trinajstić information content (AvgIpc) is 2.30. The van der Waals surface area contributed by atoms with Gasteiger partial charge in [0.1, 0.15) is 0 Å². The molecule has 1 unspecified atom stereocenters. The molecule has 1 saturated heterocycles. The van der Waals surface area contributed by atoms with Gasteiger partial charge < -0.3 is 0 Å². The van der Waals surface area contributed by atoms with Crippen molar-refractivity contribution in [3.05, 3.63) is 0 Å².